The van der Waals surface area contributed by atoms with Crippen LogP contribution < -0.4 is 5.43 Å². The van der Waals surface area contributed by atoms with Crippen molar-refractivity contribution < 1.29 is 4.42 Å². The Kier molecular flexibility index (Phi) is 2.79. The Balaban J connectivity index is 1.90. The summed E-state index contributed by atoms with van der Waals surface area (Å²) in [4.78, 5) is 12.4. The third-order valence-corrected chi connectivity index (χ3v) is 3.40. The van der Waals surface area contributed by atoms with Gasteiger partial charge in [-0.3, -0.25) is 4.79 Å². The van der Waals surface area contributed by atoms with Crippen LogP contribution in [0.15, 0.2) is 63.8 Å². The summed E-state index contributed by atoms with van der Waals surface area (Å²) >= 11 is 0. The second-order valence-electron chi connectivity index (χ2n) is 4.80. The number of tetrazole rings is 1. The van der Waals surface area contributed by atoms with Gasteiger partial charge in [-0.05, 0) is 28.6 Å². The molecule has 4 aromatic rings. The summed E-state index contributed by atoms with van der Waals surface area (Å²) in [5, 5.41) is 14.1. The summed E-state index contributed by atoms with van der Waals surface area (Å²) in [5.41, 5.74) is 2.03. The number of aromatic nitrogens is 4. The molecule has 0 amide bonds. The zero-order valence-corrected chi connectivity index (χ0v) is 11.4. The smallest absolute Gasteiger partial charge is 0.193 e. The van der Waals surface area contributed by atoms with E-state index in [4.69, 9.17) is 4.42 Å². The van der Waals surface area contributed by atoms with E-state index < -0.39 is 0 Å². The Labute approximate surface area is 124 Å². The number of aromatic amines is 1. The molecular weight excluding hydrogens is 280 g/mol. The quantitative estimate of drug-likeness (QED) is 0.613. The first-order valence-electron chi connectivity index (χ1n) is 6.69. The van der Waals surface area contributed by atoms with Crippen molar-refractivity contribution >= 4 is 11.0 Å². The molecule has 0 aliphatic carbocycles. The zero-order valence-electron chi connectivity index (χ0n) is 11.4. The van der Waals surface area contributed by atoms with Gasteiger partial charge in [0.05, 0.1) is 5.39 Å². The minimum absolute atomic E-state index is 0.102. The Morgan fingerprint density at radius 3 is 2.59 bits per heavy atom. The molecule has 0 unspecified atom stereocenters. The average molecular weight is 290 g/mol. The molecule has 0 fully saturated rings. The van der Waals surface area contributed by atoms with E-state index in [0.29, 0.717) is 22.6 Å². The number of fused-ring (bicyclic) bond motifs is 1. The number of H-pyrrole nitrogens is 1. The Morgan fingerprint density at radius 2 is 1.82 bits per heavy atom. The molecule has 0 spiro atoms. The van der Waals surface area contributed by atoms with Crippen LogP contribution in [0.3, 0.4) is 0 Å². The predicted octanol–water partition coefficient (Wildman–Crippen LogP) is 2.64. The van der Waals surface area contributed by atoms with E-state index in [1.165, 1.54) is 6.07 Å². The lowest BCUT2D eigenvalue weighted by Crippen LogP contribution is -2.00. The van der Waals surface area contributed by atoms with Crippen molar-refractivity contribution in [3.05, 3.63) is 64.8 Å². The maximum atomic E-state index is 12.4. The summed E-state index contributed by atoms with van der Waals surface area (Å²) in [5.74, 6) is 1.06. The number of rotatable bonds is 2. The van der Waals surface area contributed by atoms with E-state index in [9.17, 15) is 4.79 Å². The van der Waals surface area contributed by atoms with E-state index in [0.717, 1.165) is 11.1 Å². The molecule has 0 bridgehead atoms. The predicted molar refractivity (Wildman–Crippen MR) is 81.1 cm³/mol. The SMILES string of the molecule is O=c1cc(-c2ccccc2)oc2ccc(-c3nnn[nH]3)cc12. The fraction of sp³-hybridized carbons (Fsp3) is 0. The van der Waals surface area contributed by atoms with Crippen molar-refractivity contribution in [3.63, 3.8) is 0 Å². The molecule has 0 aliphatic heterocycles. The Morgan fingerprint density at radius 1 is 0.955 bits per heavy atom. The van der Waals surface area contributed by atoms with Crippen molar-refractivity contribution in [3.8, 4) is 22.7 Å². The first kappa shape index (κ1) is 12.5. The average Bonchev–Trinajstić information content (AvgIpc) is 3.10. The fourth-order valence-electron chi connectivity index (χ4n) is 2.33. The van der Waals surface area contributed by atoms with Crippen LogP contribution in [0.2, 0.25) is 0 Å². The molecular formula is C16H10N4O2. The van der Waals surface area contributed by atoms with Crippen LogP contribution in [0, 0.1) is 0 Å². The van der Waals surface area contributed by atoms with Gasteiger partial charge in [0, 0.05) is 17.2 Å². The van der Waals surface area contributed by atoms with Gasteiger partial charge >= 0.3 is 0 Å². The van der Waals surface area contributed by atoms with Crippen LogP contribution in [-0.2, 0) is 0 Å². The van der Waals surface area contributed by atoms with Crippen LogP contribution >= 0.6 is 0 Å². The van der Waals surface area contributed by atoms with E-state index >= 15 is 0 Å². The normalized spacial score (nSPS) is 10.9. The van der Waals surface area contributed by atoms with Crippen molar-refractivity contribution in [2.45, 2.75) is 0 Å². The second-order valence-corrected chi connectivity index (χ2v) is 4.80. The van der Waals surface area contributed by atoms with E-state index in [1.54, 1.807) is 12.1 Å². The van der Waals surface area contributed by atoms with Gasteiger partial charge in [0.1, 0.15) is 11.3 Å². The summed E-state index contributed by atoms with van der Waals surface area (Å²) in [6.07, 6.45) is 0. The molecule has 106 valence electrons. The highest BCUT2D eigenvalue weighted by Gasteiger charge is 2.09. The molecule has 0 saturated carbocycles. The molecule has 2 aromatic heterocycles. The number of nitrogens with one attached hydrogen (secondary N) is 1. The molecule has 22 heavy (non-hydrogen) atoms. The minimum atomic E-state index is -0.102. The van der Waals surface area contributed by atoms with Gasteiger partial charge in [-0.25, -0.2) is 5.10 Å². The van der Waals surface area contributed by atoms with Crippen LogP contribution in [-0.4, -0.2) is 20.6 Å². The molecule has 0 saturated heterocycles. The minimum Gasteiger partial charge on any atom is -0.456 e. The fourth-order valence-corrected chi connectivity index (χ4v) is 2.33. The molecule has 0 radical (unpaired) electrons. The molecule has 2 heterocycles. The molecule has 1 N–H and O–H groups in total. The third kappa shape index (κ3) is 2.07. The first-order chi connectivity index (χ1) is 10.8. The van der Waals surface area contributed by atoms with Crippen LogP contribution in [0.4, 0.5) is 0 Å². The molecule has 4 rings (SSSR count). The Hall–Kier alpha value is -3.28. The summed E-state index contributed by atoms with van der Waals surface area (Å²) < 4.78 is 5.84. The van der Waals surface area contributed by atoms with E-state index in [-0.39, 0.29) is 5.43 Å². The third-order valence-electron chi connectivity index (χ3n) is 3.40. The number of nitrogens with zero attached hydrogens (tertiary/aromatic N) is 3. The maximum absolute atomic E-state index is 12.4. The lowest BCUT2D eigenvalue weighted by Gasteiger charge is -2.04. The summed E-state index contributed by atoms with van der Waals surface area (Å²) in [7, 11) is 0. The van der Waals surface area contributed by atoms with Gasteiger partial charge in [-0.1, -0.05) is 30.3 Å². The lowest BCUT2D eigenvalue weighted by molar-refractivity contribution is 0.619. The topological polar surface area (TPSA) is 84.7 Å². The van der Waals surface area contributed by atoms with Gasteiger partial charge in [-0.2, -0.15) is 0 Å². The van der Waals surface area contributed by atoms with Crippen molar-refractivity contribution in [1.82, 2.24) is 20.6 Å². The van der Waals surface area contributed by atoms with E-state index in [1.807, 2.05) is 36.4 Å². The lowest BCUT2D eigenvalue weighted by atomic mass is 10.1. The van der Waals surface area contributed by atoms with Gasteiger partial charge in [0.2, 0.25) is 0 Å². The van der Waals surface area contributed by atoms with Gasteiger partial charge in [0.25, 0.3) is 0 Å². The second kappa shape index (κ2) is 4.92. The van der Waals surface area contributed by atoms with Crippen LogP contribution in [0.1, 0.15) is 0 Å². The highest BCUT2D eigenvalue weighted by Crippen LogP contribution is 2.24. The molecule has 6 nitrogen and oxygen atoms in total. The zero-order chi connectivity index (χ0) is 14.9. The van der Waals surface area contributed by atoms with Crippen molar-refractivity contribution in [2.24, 2.45) is 0 Å². The first-order valence-corrected chi connectivity index (χ1v) is 6.69. The monoisotopic (exact) mass is 290 g/mol. The van der Waals surface area contributed by atoms with Crippen LogP contribution in [0.25, 0.3) is 33.7 Å². The van der Waals surface area contributed by atoms with Gasteiger partial charge < -0.3 is 4.42 Å². The number of benzene rings is 2. The summed E-state index contributed by atoms with van der Waals surface area (Å²) in [6, 6.07) is 16.3. The standard InChI is InChI=1S/C16H10N4O2/c21-13-9-15(10-4-2-1-3-5-10)22-14-7-6-11(8-12(13)14)16-17-19-20-18-16/h1-9H,(H,17,18,19,20). The van der Waals surface area contributed by atoms with Gasteiger partial charge in [0.15, 0.2) is 11.3 Å². The van der Waals surface area contributed by atoms with E-state index in [2.05, 4.69) is 20.6 Å². The molecule has 0 aliphatic rings. The molecule has 0 atom stereocenters. The largest absolute Gasteiger partial charge is 0.456 e. The summed E-state index contributed by atoms with van der Waals surface area (Å²) in [6.45, 7) is 0. The van der Waals surface area contributed by atoms with Gasteiger partial charge in [-0.15, -0.1) is 5.10 Å². The van der Waals surface area contributed by atoms with Crippen LogP contribution in [0.5, 0.6) is 0 Å². The Bertz CT molecular complexity index is 992. The molecule has 6 heteroatoms. The molecule has 2 aromatic carbocycles. The van der Waals surface area contributed by atoms with Crippen molar-refractivity contribution in [1.29, 1.82) is 0 Å². The van der Waals surface area contributed by atoms with Crippen molar-refractivity contribution in [2.75, 3.05) is 0 Å². The highest BCUT2D eigenvalue weighted by molar-refractivity contribution is 5.83. The highest BCUT2D eigenvalue weighted by atomic mass is 16.3. The maximum Gasteiger partial charge on any atom is 0.193 e. The number of hydrogen-bond acceptors (Lipinski definition) is 5. The number of hydrogen-bond donors (Lipinski definition) is 1.